The number of aromatic amines is 1. The molecule has 0 aliphatic carbocycles. The summed E-state index contributed by atoms with van der Waals surface area (Å²) in [6, 6.07) is 18.9. The van der Waals surface area contributed by atoms with Crippen LogP contribution in [0.4, 0.5) is 5.69 Å². The van der Waals surface area contributed by atoms with Gasteiger partial charge in [0, 0.05) is 42.7 Å². The minimum atomic E-state index is -4.09. The Balaban J connectivity index is 1.59. The summed E-state index contributed by atoms with van der Waals surface area (Å²) in [5, 5.41) is 11.3. The van der Waals surface area contributed by atoms with Crippen LogP contribution in [-0.2, 0) is 14.9 Å². The van der Waals surface area contributed by atoms with E-state index in [1.807, 2.05) is 47.2 Å². The summed E-state index contributed by atoms with van der Waals surface area (Å²) in [5.41, 5.74) is 2.91. The number of aliphatic imine (C=N–C) groups is 1. The molecule has 10 nitrogen and oxygen atoms in total. The van der Waals surface area contributed by atoms with Crippen molar-refractivity contribution >= 4 is 49.8 Å². The van der Waals surface area contributed by atoms with E-state index in [1.165, 1.54) is 19.2 Å². The third-order valence-electron chi connectivity index (χ3n) is 6.74. The lowest BCUT2D eigenvalue weighted by Crippen LogP contribution is -2.47. The monoisotopic (exact) mass is 581 g/mol. The highest BCUT2D eigenvalue weighted by atomic mass is 35.5. The molecule has 12 heteroatoms. The standard InChI is InChI=1S/C28H28ClN5O5S/c1-33-12-14-34(15-13-33)28(36)19-8-10-20(11-9-19)30-26(18-6-4-3-5-7-18)25-21-16-24(40(37,38)32-39-2)22(29)17-23(21)31-27(25)35/h3-11,16-17,31-32,35H,12-15H2,1-2H3. The van der Waals surface area contributed by atoms with Crippen LogP contribution in [0.15, 0.2) is 76.6 Å². The van der Waals surface area contributed by atoms with E-state index in [-0.39, 0.29) is 21.7 Å². The van der Waals surface area contributed by atoms with Crippen molar-refractivity contribution in [2.24, 2.45) is 4.99 Å². The number of benzene rings is 3. The number of carbonyl (C=O) groups excluding carboxylic acids is 1. The Morgan fingerprint density at radius 2 is 1.70 bits per heavy atom. The predicted octanol–water partition coefficient (Wildman–Crippen LogP) is 3.92. The van der Waals surface area contributed by atoms with E-state index in [4.69, 9.17) is 16.6 Å². The molecule has 2 heterocycles. The third kappa shape index (κ3) is 5.60. The number of nitrogens with zero attached hydrogens (tertiary/aromatic N) is 3. The maximum atomic E-state index is 13.0. The van der Waals surface area contributed by atoms with Crippen LogP contribution >= 0.6 is 11.6 Å². The van der Waals surface area contributed by atoms with Gasteiger partial charge in [0.2, 0.25) is 0 Å². The summed E-state index contributed by atoms with van der Waals surface area (Å²) in [5.74, 6) is -0.235. The lowest BCUT2D eigenvalue weighted by atomic mass is 10.0. The van der Waals surface area contributed by atoms with Gasteiger partial charge in [-0.3, -0.25) is 9.63 Å². The second-order valence-corrected chi connectivity index (χ2v) is 11.5. The molecule has 1 amide bonds. The number of halogens is 1. The number of piperazine rings is 1. The number of amides is 1. The van der Waals surface area contributed by atoms with Crippen LogP contribution in [0.3, 0.4) is 0 Å². The minimum absolute atomic E-state index is 0.0310. The average Bonchev–Trinajstić information content (AvgIpc) is 3.26. The molecule has 1 aromatic heterocycles. The summed E-state index contributed by atoms with van der Waals surface area (Å²) in [6.45, 7) is 3.01. The molecule has 3 aromatic carbocycles. The smallest absolute Gasteiger partial charge is 0.263 e. The zero-order valence-electron chi connectivity index (χ0n) is 21.9. The number of sulfonamides is 1. The number of hydrogen-bond acceptors (Lipinski definition) is 7. The number of likely N-dealkylation sites (N-methyl/N-ethyl adjacent to an activating group) is 1. The molecular weight excluding hydrogens is 554 g/mol. The SMILES string of the molecule is CONS(=O)(=O)c1cc2c(C(=Nc3ccc(C(=O)N4CCN(C)CC4)cc3)c3ccccc3)c(O)[nH]c2cc1Cl. The molecule has 208 valence electrons. The van der Waals surface area contributed by atoms with Crippen LogP contribution in [0.2, 0.25) is 5.02 Å². The fraction of sp³-hybridized carbons (Fsp3) is 0.214. The van der Waals surface area contributed by atoms with Crippen molar-refractivity contribution in [3.63, 3.8) is 0 Å². The molecule has 1 fully saturated rings. The molecule has 1 aliphatic rings. The number of hydrogen-bond donors (Lipinski definition) is 3. The Bertz CT molecular complexity index is 1680. The Morgan fingerprint density at radius 3 is 2.35 bits per heavy atom. The second-order valence-electron chi connectivity index (χ2n) is 9.44. The van der Waals surface area contributed by atoms with E-state index in [2.05, 4.69) is 14.7 Å². The van der Waals surface area contributed by atoms with Crippen molar-refractivity contribution in [1.29, 1.82) is 0 Å². The van der Waals surface area contributed by atoms with Gasteiger partial charge in [-0.05, 0) is 43.4 Å². The van der Waals surface area contributed by atoms with Crippen LogP contribution in [0.1, 0.15) is 21.5 Å². The van der Waals surface area contributed by atoms with Crippen LogP contribution < -0.4 is 4.89 Å². The molecule has 1 aliphatic heterocycles. The fourth-order valence-corrected chi connectivity index (χ4v) is 6.01. The third-order valence-corrected chi connectivity index (χ3v) is 8.47. The van der Waals surface area contributed by atoms with Gasteiger partial charge in [0.15, 0.2) is 5.88 Å². The van der Waals surface area contributed by atoms with Gasteiger partial charge in [-0.25, -0.2) is 13.4 Å². The van der Waals surface area contributed by atoms with E-state index >= 15 is 0 Å². The number of carbonyl (C=O) groups is 1. The van der Waals surface area contributed by atoms with Gasteiger partial charge in [-0.15, -0.1) is 0 Å². The van der Waals surface area contributed by atoms with Gasteiger partial charge >= 0.3 is 0 Å². The number of aromatic nitrogens is 1. The normalized spacial score (nSPS) is 15.1. The van der Waals surface area contributed by atoms with E-state index in [0.717, 1.165) is 13.1 Å². The van der Waals surface area contributed by atoms with E-state index in [9.17, 15) is 18.3 Å². The molecule has 4 aromatic rings. The van der Waals surface area contributed by atoms with Crippen molar-refractivity contribution in [2.75, 3.05) is 40.3 Å². The van der Waals surface area contributed by atoms with E-state index in [1.54, 1.807) is 24.3 Å². The molecule has 40 heavy (non-hydrogen) atoms. The first-order valence-electron chi connectivity index (χ1n) is 12.5. The molecule has 0 radical (unpaired) electrons. The number of rotatable bonds is 7. The molecule has 3 N–H and O–H groups in total. The van der Waals surface area contributed by atoms with Crippen LogP contribution in [0.25, 0.3) is 10.9 Å². The van der Waals surface area contributed by atoms with Gasteiger partial charge < -0.3 is 19.9 Å². The van der Waals surface area contributed by atoms with Crippen LogP contribution in [-0.4, -0.2) is 80.3 Å². The Hall–Kier alpha value is -3.74. The number of nitrogens with one attached hydrogen (secondary N) is 2. The summed E-state index contributed by atoms with van der Waals surface area (Å²) >= 11 is 6.28. The van der Waals surface area contributed by atoms with Crippen LogP contribution in [0, 0.1) is 0 Å². The molecule has 0 atom stereocenters. The Labute approximate surface area is 236 Å². The zero-order chi connectivity index (χ0) is 28.4. The fourth-order valence-electron chi connectivity index (χ4n) is 4.64. The molecule has 0 saturated carbocycles. The summed E-state index contributed by atoms with van der Waals surface area (Å²) in [6.07, 6.45) is 0. The highest BCUT2D eigenvalue weighted by molar-refractivity contribution is 7.89. The minimum Gasteiger partial charge on any atom is -0.494 e. The highest BCUT2D eigenvalue weighted by Crippen LogP contribution is 2.36. The van der Waals surface area contributed by atoms with E-state index in [0.29, 0.717) is 52.1 Å². The molecular formula is C28H28ClN5O5S. The van der Waals surface area contributed by atoms with Crippen molar-refractivity contribution in [1.82, 2.24) is 19.7 Å². The summed E-state index contributed by atoms with van der Waals surface area (Å²) < 4.78 is 25.4. The summed E-state index contributed by atoms with van der Waals surface area (Å²) in [4.78, 5) is 31.1. The van der Waals surface area contributed by atoms with Gasteiger partial charge in [-0.1, -0.05) is 46.8 Å². The van der Waals surface area contributed by atoms with Gasteiger partial charge in [0.05, 0.1) is 34.6 Å². The van der Waals surface area contributed by atoms with Crippen molar-refractivity contribution in [3.8, 4) is 5.88 Å². The molecule has 1 saturated heterocycles. The topological polar surface area (TPSA) is 127 Å². The maximum absolute atomic E-state index is 13.0. The lowest BCUT2D eigenvalue weighted by molar-refractivity contribution is 0.0664. The van der Waals surface area contributed by atoms with Crippen molar-refractivity contribution in [2.45, 2.75) is 4.90 Å². The number of H-pyrrole nitrogens is 1. The first-order valence-corrected chi connectivity index (χ1v) is 14.4. The lowest BCUT2D eigenvalue weighted by Gasteiger charge is -2.32. The molecule has 0 spiro atoms. The number of fused-ring (bicyclic) bond motifs is 1. The molecule has 0 bridgehead atoms. The predicted molar refractivity (Wildman–Crippen MR) is 154 cm³/mol. The maximum Gasteiger partial charge on any atom is 0.263 e. The Kier molecular flexibility index (Phi) is 7.92. The summed E-state index contributed by atoms with van der Waals surface area (Å²) in [7, 11) is -0.874. The quantitative estimate of drug-likeness (QED) is 0.224. The molecule has 0 unspecified atom stereocenters. The zero-order valence-corrected chi connectivity index (χ0v) is 23.5. The first-order chi connectivity index (χ1) is 19.2. The first kappa shape index (κ1) is 27.8. The Morgan fingerprint density at radius 1 is 1.02 bits per heavy atom. The highest BCUT2D eigenvalue weighted by Gasteiger charge is 2.25. The van der Waals surface area contributed by atoms with Crippen molar-refractivity contribution < 1.29 is 23.2 Å². The largest absolute Gasteiger partial charge is 0.494 e. The van der Waals surface area contributed by atoms with E-state index < -0.39 is 10.0 Å². The average molecular weight is 582 g/mol. The second kappa shape index (κ2) is 11.4. The van der Waals surface area contributed by atoms with Crippen LogP contribution in [0.5, 0.6) is 5.88 Å². The number of aromatic hydroxyl groups is 1. The van der Waals surface area contributed by atoms with Gasteiger partial charge in [-0.2, -0.15) is 0 Å². The molecule has 5 rings (SSSR count). The van der Waals surface area contributed by atoms with Gasteiger partial charge in [0.1, 0.15) is 4.90 Å². The van der Waals surface area contributed by atoms with Crippen molar-refractivity contribution in [3.05, 3.63) is 88.4 Å². The van der Waals surface area contributed by atoms with Gasteiger partial charge in [0.25, 0.3) is 15.9 Å².